The molecule has 0 N–H and O–H groups in total. The SMILES string of the molecule is CC1=CC(=O)C(C(=O)/C=C/c2ccc(C(C)(C)C)cc2)C(=O)O1. The molecule has 1 aromatic rings. The lowest BCUT2D eigenvalue weighted by molar-refractivity contribution is -0.151. The molecule has 4 nitrogen and oxygen atoms in total. The Labute approximate surface area is 135 Å². The fourth-order valence-electron chi connectivity index (χ4n) is 2.27. The molecule has 0 aliphatic carbocycles. The van der Waals surface area contributed by atoms with Gasteiger partial charge in [-0.3, -0.25) is 14.4 Å². The summed E-state index contributed by atoms with van der Waals surface area (Å²) in [6.07, 6.45) is 4.03. The maximum atomic E-state index is 12.1. The standard InChI is InChI=1S/C19H20O4/c1-12-11-16(21)17(18(22)23-12)15(20)10-7-13-5-8-14(9-6-13)19(2,3)4/h5-11,17H,1-4H3/b10-7+. The van der Waals surface area contributed by atoms with Crippen LogP contribution in [0.25, 0.3) is 6.08 Å². The molecule has 0 radical (unpaired) electrons. The summed E-state index contributed by atoms with van der Waals surface area (Å²) in [4.78, 5) is 35.6. The Hall–Kier alpha value is -2.49. The maximum Gasteiger partial charge on any atom is 0.329 e. The third-order valence-corrected chi connectivity index (χ3v) is 3.63. The van der Waals surface area contributed by atoms with Gasteiger partial charge in [0.1, 0.15) is 5.76 Å². The molecule has 1 aromatic carbocycles. The Morgan fingerprint density at radius 2 is 1.74 bits per heavy atom. The van der Waals surface area contributed by atoms with Gasteiger partial charge in [0.15, 0.2) is 17.5 Å². The van der Waals surface area contributed by atoms with Crippen molar-refractivity contribution in [3.05, 3.63) is 53.3 Å². The third kappa shape index (κ3) is 4.03. The predicted octanol–water partition coefficient (Wildman–Crippen LogP) is 3.21. The van der Waals surface area contributed by atoms with Crippen LogP contribution in [0.4, 0.5) is 0 Å². The molecular formula is C19H20O4. The zero-order valence-corrected chi connectivity index (χ0v) is 13.8. The number of esters is 1. The van der Waals surface area contributed by atoms with E-state index in [-0.39, 0.29) is 11.2 Å². The van der Waals surface area contributed by atoms with E-state index in [4.69, 9.17) is 4.74 Å². The summed E-state index contributed by atoms with van der Waals surface area (Å²) in [7, 11) is 0. The van der Waals surface area contributed by atoms with Crippen molar-refractivity contribution in [2.45, 2.75) is 33.1 Å². The van der Waals surface area contributed by atoms with Crippen LogP contribution in [0.1, 0.15) is 38.8 Å². The number of ketones is 2. The van der Waals surface area contributed by atoms with Crippen LogP contribution in [0.2, 0.25) is 0 Å². The van der Waals surface area contributed by atoms with E-state index in [9.17, 15) is 14.4 Å². The van der Waals surface area contributed by atoms with Crippen LogP contribution in [-0.2, 0) is 24.5 Å². The fourth-order valence-corrected chi connectivity index (χ4v) is 2.27. The Kier molecular flexibility index (Phi) is 4.64. The molecule has 0 saturated heterocycles. The molecule has 1 aliphatic rings. The number of benzene rings is 1. The van der Waals surface area contributed by atoms with Gasteiger partial charge in [0.2, 0.25) is 0 Å². The van der Waals surface area contributed by atoms with Gasteiger partial charge < -0.3 is 4.74 Å². The highest BCUT2D eigenvalue weighted by Gasteiger charge is 2.36. The van der Waals surface area contributed by atoms with Crippen LogP contribution in [0.5, 0.6) is 0 Å². The van der Waals surface area contributed by atoms with Crippen molar-refractivity contribution in [2.75, 3.05) is 0 Å². The molecule has 1 unspecified atom stereocenters. The molecule has 0 saturated carbocycles. The lowest BCUT2D eigenvalue weighted by Gasteiger charge is -2.18. The van der Waals surface area contributed by atoms with E-state index in [0.29, 0.717) is 0 Å². The smallest absolute Gasteiger partial charge is 0.329 e. The van der Waals surface area contributed by atoms with E-state index in [2.05, 4.69) is 20.8 Å². The molecule has 0 spiro atoms. The van der Waals surface area contributed by atoms with Crippen LogP contribution in [0, 0.1) is 5.92 Å². The molecule has 1 aliphatic heterocycles. The summed E-state index contributed by atoms with van der Waals surface area (Å²) >= 11 is 0. The quantitative estimate of drug-likeness (QED) is 0.488. The first kappa shape index (κ1) is 16.9. The number of hydrogen-bond acceptors (Lipinski definition) is 4. The van der Waals surface area contributed by atoms with Gasteiger partial charge in [-0.15, -0.1) is 0 Å². The molecule has 0 bridgehead atoms. The molecule has 4 heteroatoms. The number of rotatable bonds is 3. The maximum absolute atomic E-state index is 12.1. The largest absolute Gasteiger partial charge is 0.430 e. The van der Waals surface area contributed by atoms with Crippen LogP contribution in [0.15, 0.2) is 42.2 Å². The van der Waals surface area contributed by atoms with Gasteiger partial charge in [0.05, 0.1) is 0 Å². The van der Waals surface area contributed by atoms with Crippen molar-refractivity contribution < 1.29 is 19.1 Å². The summed E-state index contributed by atoms with van der Waals surface area (Å²) in [6.45, 7) is 7.87. The second-order valence-electron chi connectivity index (χ2n) is 6.62. The van der Waals surface area contributed by atoms with Crippen LogP contribution >= 0.6 is 0 Å². The van der Waals surface area contributed by atoms with Crippen LogP contribution in [0.3, 0.4) is 0 Å². The van der Waals surface area contributed by atoms with Crippen molar-refractivity contribution in [1.29, 1.82) is 0 Å². The summed E-state index contributed by atoms with van der Waals surface area (Å²) in [5.41, 5.74) is 2.07. The first-order valence-electron chi connectivity index (χ1n) is 7.45. The number of ether oxygens (including phenoxy) is 1. The minimum atomic E-state index is -1.39. The van der Waals surface area contributed by atoms with E-state index < -0.39 is 23.5 Å². The van der Waals surface area contributed by atoms with Crippen LogP contribution in [-0.4, -0.2) is 17.5 Å². The third-order valence-electron chi connectivity index (χ3n) is 3.63. The molecule has 120 valence electrons. The van der Waals surface area contributed by atoms with Crippen LogP contribution < -0.4 is 0 Å². The fraction of sp³-hybridized carbons (Fsp3) is 0.316. The zero-order chi connectivity index (χ0) is 17.2. The monoisotopic (exact) mass is 312 g/mol. The summed E-state index contributed by atoms with van der Waals surface area (Å²) in [5, 5.41) is 0. The highest BCUT2D eigenvalue weighted by molar-refractivity contribution is 6.25. The second-order valence-corrected chi connectivity index (χ2v) is 6.62. The minimum absolute atomic E-state index is 0.0561. The van der Waals surface area contributed by atoms with Gasteiger partial charge in [-0.2, -0.15) is 0 Å². The van der Waals surface area contributed by atoms with Gasteiger partial charge in [0.25, 0.3) is 0 Å². The Bertz CT molecular complexity index is 700. The Morgan fingerprint density at radius 1 is 1.13 bits per heavy atom. The average molecular weight is 312 g/mol. The number of allylic oxidation sites excluding steroid dienone is 3. The molecule has 2 rings (SSSR count). The normalized spacial score (nSPS) is 18.8. The zero-order valence-electron chi connectivity index (χ0n) is 13.8. The van der Waals surface area contributed by atoms with Gasteiger partial charge in [-0.25, -0.2) is 0 Å². The van der Waals surface area contributed by atoms with E-state index >= 15 is 0 Å². The van der Waals surface area contributed by atoms with E-state index in [1.54, 1.807) is 6.08 Å². The summed E-state index contributed by atoms with van der Waals surface area (Å²) in [6, 6.07) is 7.79. The summed E-state index contributed by atoms with van der Waals surface area (Å²) < 4.78 is 4.84. The predicted molar refractivity (Wildman–Crippen MR) is 87.5 cm³/mol. The molecule has 0 fully saturated rings. The summed E-state index contributed by atoms with van der Waals surface area (Å²) in [5.74, 6) is -3.08. The van der Waals surface area contributed by atoms with Crippen molar-refractivity contribution in [2.24, 2.45) is 5.92 Å². The molecule has 0 amide bonds. The molecule has 1 heterocycles. The van der Waals surface area contributed by atoms with Crippen molar-refractivity contribution in [3.8, 4) is 0 Å². The Morgan fingerprint density at radius 3 is 2.26 bits per heavy atom. The first-order chi connectivity index (χ1) is 10.7. The highest BCUT2D eigenvalue weighted by Crippen LogP contribution is 2.22. The lowest BCUT2D eigenvalue weighted by Crippen LogP contribution is -2.34. The van der Waals surface area contributed by atoms with Gasteiger partial charge >= 0.3 is 5.97 Å². The van der Waals surface area contributed by atoms with Crippen molar-refractivity contribution >= 4 is 23.6 Å². The molecular weight excluding hydrogens is 292 g/mol. The van der Waals surface area contributed by atoms with Gasteiger partial charge in [0, 0.05) is 6.08 Å². The molecule has 1 atom stereocenters. The van der Waals surface area contributed by atoms with E-state index in [1.807, 2.05) is 24.3 Å². The van der Waals surface area contributed by atoms with E-state index in [1.165, 1.54) is 24.6 Å². The average Bonchev–Trinajstić information content (AvgIpc) is 2.43. The number of carbonyl (C=O) groups is 3. The lowest BCUT2D eigenvalue weighted by atomic mass is 9.86. The highest BCUT2D eigenvalue weighted by atomic mass is 16.5. The molecule has 0 aromatic heterocycles. The van der Waals surface area contributed by atoms with Gasteiger partial charge in [-0.05, 0) is 29.5 Å². The number of cyclic esters (lactones) is 1. The number of hydrogen-bond donors (Lipinski definition) is 0. The topological polar surface area (TPSA) is 60.4 Å². The molecule has 23 heavy (non-hydrogen) atoms. The second kappa shape index (κ2) is 6.32. The van der Waals surface area contributed by atoms with Gasteiger partial charge in [-0.1, -0.05) is 51.1 Å². The number of carbonyl (C=O) groups excluding carboxylic acids is 3. The Balaban J connectivity index is 2.12. The first-order valence-corrected chi connectivity index (χ1v) is 7.45. The minimum Gasteiger partial charge on any atom is -0.430 e. The van der Waals surface area contributed by atoms with Crippen molar-refractivity contribution in [3.63, 3.8) is 0 Å². The van der Waals surface area contributed by atoms with E-state index in [0.717, 1.165) is 5.56 Å². The van der Waals surface area contributed by atoms with Crippen molar-refractivity contribution in [1.82, 2.24) is 0 Å².